The van der Waals surface area contributed by atoms with Gasteiger partial charge in [-0.3, -0.25) is 4.79 Å². The molecule has 32 heavy (non-hydrogen) atoms. The highest BCUT2D eigenvalue weighted by Crippen LogP contribution is 2.33. The zero-order valence-corrected chi connectivity index (χ0v) is 18.2. The SMILES string of the molecule is COc1ccc(CN(C)C(=O)COC(=O)c2c(-c3c(F)cccc3Cl)noc2C)cc1F. The predicted octanol–water partition coefficient (Wildman–Crippen LogP) is 4.41. The van der Waals surface area contributed by atoms with Gasteiger partial charge in [-0.15, -0.1) is 0 Å². The quantitative estimate of drug-likeness (QED) is 0.482. The summed E-state index contributed by atoms with van der Waals surface area (Å²) in [7, 11) is 2.83. The number of nitrogens with zero attached hydrogens (tertiary/aromatic N) is 2. The number of aryl methyl sites for hydroxylation is 1. The number of esters is 1. The Morgan fingerprint density at radius 3 is 2.59 bits per heavy atom. The topological polar surface area (TPSA) is 81.9 Å². The van der Waals surface area contributed by atoms with Crippen LogP contribution in [0.3, 0.4) is 0 Å². The third-order valence-electron chi connectivity index (χ3n) is 4.65. The Balaban J connectivity index is 1.69. The van der Waals surface area contributed by atoms with E-state index in [9.17, 15) is 18.4 Å². The first-order chi connectivity index (χ1) is 15.2. The van der Waals surface area contributed by atoms with Gasteiger partial charge in [-0.25, -0.2) is 13.6 Å². The van der Waals surface area contributed by atoms with E-state index in [0.29, 0.717) is 5.56 Å². The maximum Gasteiger partial charge on any atom is 0.344 e. The van der Waals surface area contributed by atoms with Crippen molar-refractivity contribution in [1.82, 2.24) is 10.1 Å². The molecule has 0 aliphatic rings. The Morgan fingerprint density at radius 1 is 1.19 bits per heavy atom. The van der Waals surface area contributed by atoms with Crippen molar-refractivity contribution in [3.05, 3.63) is 69.9 Å². The van der Waals surface area contributed by atoms with Crippen LogP contribution in [0.4, 0.5) is 8.78 Å². The second-order valence-electron chi connectivity index (χ2n) is 6.85. The van der Waals surface area contributed by atoms with Crippen LogP contribution in [0.25, 0.3) is 11.3 Å². The maximum absolute atomic E-state index is 14.3. The average molecular weight is 465 g/mol. The van der Waals surface area contributed by atoms with Crippen LogP contribution in [-0.4, -0.2) is 42.7 Å². The number of aromatic nitrogens is 1. The van der Waals surface area contributed by atoms with Gasteiger partial charge in [-0.1, -0.05) is 28.9 Å². The second kappa shape index (κ2) is 9.78. The van der Waals surface area contributed by atoms with Crippen LogP contribution >= 0.6 is 11.6 Å². The lowest BCUT2D eigenvalue weighted by Crippen LogP contribution is -2.31. The summed E-state index contributed by atoms with van der Waals surface area (Å²) in [5, 5.41) is 3.76. The molecule has 3 rings (SSSR count). The molecule has 0 saturated carbocycles. The van der Waals surface area contributed by atoms with Crippen LogP contribution in [0.2, 0.25) is 5.02 Å². The molecule has 1 aromatic heterocycles. The van der Waals surface area contributed by atoms with Crippen LogP contribution in [-0.2, 0) is 16.1 Å². The highest BCUT2D eigenvalue weighted by molar-refractivity contribution is 6.33. The van der Waals surface area contributed by atoms with E-state index in [-0.39, 0.29) is 39.9 Å². The van der Waals surface area contributed by atoms with Crippen molar-refractivity contribution in [2.45, 2.75) is 13.5 Å². The number of ether oxygens (including phenoxy) is 2. The van der Waals surface area contributed by atoms with Crippen molar-refractivity contribution in [3.63, 3.8) is 0 Å². The van der Waals surface area contributed by atoms with Gasteiger partial charge in [0.2, 0.25) is 0 Å². The van der Waals surface area contributed by atoms with Crippen molar-refractivity contribution in [2.24, 2.45) is 0 Å². The first-order valence-electron chi connectivity index (χ1n) is 9.37. The molecular formula is C22H19ClF2N2O5. The summed E-state index contributed by atoms with van der Waals surface area (Å²) in [4.78, 5) is 26.3. The first kappa shape index (κ1) is 23.2. The Hall–Kier alpha value is -3.46. The minimum absolute atomic E-state index is 0.0369. The summed E-state index contributed by atoms with van der Waals surface area (Å²) in [6.45, 7) is 0.941. The van der Waals surface area contributed by atoms with Crippen LogP contribution in [0.15, 0.2) is 40.9 Å². The van der Waals surface area contributed by atoms with E-state index in [0.717, 1.165) is 0 Å². The zero-order valence-electron chi connectivity index (χ0n) is 17.4. The molecule has 1 heterocycles. The van der Waals surface area contributed by atoms with E-state index < -0.39 is 30.1 Å². The molecule has 7 nitrogen and oxygen atoms in total. The standard InChI is InChI=1S/C22H19ClF2N2O5/c1-12-19(21(26-32-12)20-14(23)5-4-6-15(20)24)22(29)31-11-18(28)27(2)10-13-7-8-17(30-3)16(25)9-13/h4-9H,10-11H2,1-3H3. The van der Waals surface area contributed by atoms with Gasteiger partial charge in [0, 0.05) is 13.6 Å². The van der Waals surface area contributed by atoms with Gasteiger partial charge in [-0.05, 0) is 36.8 Å². The average Bonchev–Trinajstić information content (AvgIpc) is 3.12. The number of methoxy groups -OCH3 is 1. The normalized spacial score (nSPS) is 10.7. The smallest absolute Gasteiger partial charge is 0.344 e. The lowest BCUT2D eigenvalue weighted by molar-refractivity contribution is -0.133. The Kier molecular flexibility index (Phi) is 7.09. The Labute approximate surface area is 187 Å². The molecule has 0 aliphatic heterocycles. The first-order valence-corrected chi connectivity index (χ1v) is 9.74. The molecule has 0 spiro atoms. The number of hydrogen-bond donors (Lipinski definition) is 0. The lowest BCUT2D eigenvalue weighted by Gasteiger charge is -2.17. The van der Waals surface area contributed by atoms with Gasteiger partial charge in [0.15, 0.2) is 18.2 Å². The van der Waals surface area contributed by atoms with Crippen molar-refractivity contribution in [2.75, 3.05) is 20.8 Å². The number of carbonyl (C=O) groups is 2. The van der Waals surface area contributed by atoms with Crippen LogP contribution in [0.5, 0.6) is 5.75 Å². The fourth-order valence-electron chi connectivity index (χ4n) is 2.99. The minimum atomic E-state index is -0.921. The number of rotatable bonds is 7. The largest absolute Gasteiger partial charge is 0.494 e. The molecule has 2 aromatic carbocycles. The summed E-state index contributed by atoms with van der Waals surface area (Å²) in [6, 6.07) is 8.34. The Bertz CT molecular complexity index is 1140. The summed E-state index contributed by atoms with van der Waals surface area (Å²) in [6.07, 6.45) is 0. The van der Waals surface area contributed by atoms with E-state index in [1.807, 2.05) is 0 Å². The summed E-state index contributed by atoms with van der Waals surface area (Å²) < 4.78 is 43.1. The van der Waals surface area contributed by atoms with E-state index in [2.05, 4.69) is 5.16 Å². The van der Waals surface area contributed by atoms with Crippen LogP contribution in [0.1, 0.15) is 21.7 Å². The van der Waals surface area contributed by atoms with E-state index in [4.69, 9.17) is 25.6 Å². The number of amides is 1. The molecule has 0 atom stereocenters. The molecule has 0 bridgehead atoms. The highest BCUT2D eigenvalue weighted by Gasteiger charge is 2.27. The van der Waals surface area contributed by atoms with Crippen molar-refractivity contribution in [3.8, 4) is 17.0 Å². The number of benzene rings is 2. The monoisotopic (exact) mass is 464 g/mol. The van der Waals surface area contributed by atoms with Gasteiger partial charge in [-0.2, -0.15) is 0 Å². The fraction of sp³-hybridized carbons (Fsp3) is 0.227. The zero-order chi connectivity index (χ0) is 23.4. The number of likely N-dealkylation sites (N-methyl/N-ethyl adjacent to an activating group) is 1. The predicted molar refractivity (Wildman–Crippen MR) is 111 cm³/mol. The lowest BCUT2D eigenvalue weighted by atomic mass is 10.1. The molecule has 0 fully saturated rings. The summed E-state index contributed by atoms with van der Waals surface area (Å²) in [5.74, 6) is -2.53. The third kappa shape index (κ3) is 4.88. The van der Waals surface area contributed by atoms with Gasteiger partial charge >= 0.3 is 5.97 Å². The molecule has 0 aliphatic carbocycles. The third-order valence-corrected chi connectivity index (χ3v) is 4.97. The van der Waals surface area contributed by atoms with E-state index in [1.54, 1.807) is 6.07 Å². The minimum Gasteiger partial charge on any atom is -0.494 e. The molecule has 168 valence electrons. The number of carbonyl (C=O) groups excluding carboxylic acids is 2. The van der Waals surface area contributed by atoms with Gasteiger partial charge < -0.3 is 18.9 Å². The number of halogens is 3. The van der Waals surface area contributed by atoms with E-state index in [1.165, 1.54) is 56.3 Å². The van der Waals surface area contributed by atoms with Crippen molar-refractivity contribution >= 4 is 23.5 Å². The molecule has 0 unspecified atom stereocenters. The summed E-state index contributed by atoms with van der Waals surface area (Å²) >= 11 is 6.06. The van der Waals surface area contributed by atoms with Crippen LogP contribution in [0, 0.1) is 18.6 Å². The highest BCUT2D eigenvalue weighted by atomic mass is 35.5. The Morgan fingerprint density at radius 2 is 1.94 bits per heavy atom. The molecule has 1 amide bonds. The van der Waals surface area contributed by atoms with Crippen molar-refractivity contribution in [1.29, 1.82) is 0 Å². The van der Waals surface area contributed by atoms with Crippen molar-refractivity contribution < 1.29 is 32.4 Å². The summed E-state index contributed by atoms with van der Waals surface area (Å²) in [5.41, 5.74) is 0.162. The second-order valence-corrected chi connectivity index (χ2v) is 7.26. The van der Waals surface area contributed by atoms with Gasteiger partial charge in [0.1, 0.15) is 22.8 Å². The molecular weight excluding hydrogens is 446 g/mol. The molecule has 0 saturated heterocycles. The number of hydrogen-bond acceptors (Lipinski definition) is 6. The molecule has 0 radical (unpaired) electrons. The van der Waals surface area contributed by atoms with Gasteiger partial charge in [0.05, 0.1) is 17.7 Å². The molecule has 0 N–H and O–H groups in total. The van der Waals surface area contributed by atoms with Gasteiger partial charge in [0.25, 0.3) is 5.91 Å². The molecule has 3 aromatic rings. The van der Waals surface area contributed by atoms with Crippen LogP contribution < -0.4 is 4.74 Å². The fourth-order valence-corrected chi connectivity index (χ4v) is 3.24. The van der Waals surface area contributed by atoms with E-state index >= 15 is 0 Å². The maximum atomic E-state index is 14.3. The molecule has 10 heteroatoms.